The summed E-state index contributed by atoms with van der Waals surface area (Å²) in [4.78, 5) is 12.8. The summed E-state index contributed by atoms with van der Waals surface area (Å²) in [5, 5.41) is 61.5. The average Bonchev–Trinajstić information content (AvgIpc) is 2.89. The first-order valence-electron chi connectivity index (χ1n) is 11.4. The number of aliphatic hydroxyl groups excluding tert-OH is 2. The van der Waals surface area contributed by atoms with Crippen LogP contribution in [0.15, 0.2) is 36.4 Å². The summed E-state index contributed by atoms with van der Waals surface area (Å²) < 4.78 is 28.1. The van der Waals surface area contributed by atoms with Gasteiger partial charge in [-0.05, 0) is 24.3 Å². The molecule has 6 N–H and O–H groups in total. The Bertz CT molecular complexity index is 1390. The summed E-state index contributed by atoms with van der Waals surface area (Å²) in [5.74, 6) is -2.46. The number of rotatable bonds is 5. The number of carbonyl (C=O) groups excluding carboxylic acids is 1. The Labute approximate surface area is 215 Å². The minimum Gasteiger partial charge on any atom is -0.508 e. The van der Waals surface area contributed by atoms with Gasteiger partial charge in [0.15, 0.2) is 47.4 Å². The number of Topliss-reactive ketones (excluding diaryl/α,β-unsaturated/α-hetero) is 1. The first-order chi connectivity index (χ1) is 18.2. The third-order valence-electron chi connectivity index (χ3n) is 6.38. The van der Waals surface area contributed by atoms with E-state index < -0.39 is 48.3 Å². The van der Waals surface area contributed by atoms with Gasteiger partial charge in [0, 0.05) is 23.3 Å². The van der Waals surface area contributed by atoms with Gasteiger partial charge >= 0.3 is 0 Å². The van der Waals surface area contributed by atoms with E-state index in [9.17, 15) is 35.4 Å². The van der Waals surface area contributed by atoms with Gasteiger partial charge in [0.05, 0.1) is 20.8 Å². The third-order valence-corrected chi connectivity index (χ3v) is 6.38. The van der Waals surface area contributed by atoms with Gasteiger partial charge in [-0.1, -0.05) is 0 Å². The van der Waals surface area contributed by atoms with Gasteiger partial charge in [-0.15, -0.1) is 0 Å². The van der Waals surface area contributed by atoms with E-state index in [1.807, 2.05) is 0 Å². The van der Waals surface area contributed by atoms with E-state index in [1.165, 1.54) is 38.5 Å². The molecule has 0 aromatic heterocycles. The Hall–Kier alpha value is -4.55. The largest absolute Gasteiger partial charge is 0.508 e. The van der Waals surface area contributed by atoms with E-state index in [0.29, 0.717) is 5.56 Å². The summed E-state index contributed by atoms with van der Waals surface area (Å²) >= 11 is 0. The predicted molar refractivity (Wildman–Crippen MR) is 128 cm³/mol. The van der Waals surface area contributed by atoms with Crippen molar-refractivity contribution in [2.45, 2.75) is 24.4 Å². The van der Waals surface area contributed by atoms with Gasteiger partial charge in [-0.3, -0.25) is 4.79 Å². The van der Waals surface area contributed by atoms with Crippen LogP contribution in [0.5, 0.6) is 51.7 Å². The number of hydrogen-bond acceptors (Lipinski definition) is 12. The number of fused-ring (bicyclic) bond motifs is 2. The van der Waals surface area contributed by atoms with Crippen molar-refractivity contribution in [3.8, 4) is 51.7 Å². The molecule has 5 rings (SSSR count). The first-order valence-corrected chi connectivity index (χ1v) is 11.4. The number of ether oxygens (including phenoxy) is 5. The molecule has 0 saturated heterocycles. The number of hydrogen-bond donors (Lipinski definition) is 6. The molecule has 0 aliphatic carbocycles. The summed E-state index contributed by atoms with van der Waals surface area (Å²) in [5.41, 5.74) is 0.255. The fraction of sp³-hybridized carbons (Fsp3) is 0.269. The number of benzene rings is 3. The maximum Gasteiger partial charge on any atom is 0.203 e. The van der Waals surface area contributed by atoms with E-state index in [2.05, 4.69) is 0 Å². The van der Waals surface area contributed by atoms with Crippen LogP contribution in [0.1, 0.15) is 33.7 Å². The second-order valence-electron chi connectivity index (χ2n) is 8.70. The highest BCUT2D eigenvalue weighted by Crippen LogP contribution is 2.50. The molecule has 12 nitrogen and oxygen atoms in total. The SMILES string of the molecule is COc1cc(C2Oc3cc([C@@H]4Oc5cc(O)cc(O)c5C(=O)[C@H]4O)cc(O)c3OC2CO)cc(OC)c1O. The zero-order chi connectivity index (χ0) is 27.3. The summed E-state index contributed by atoms with van der Waals surface area (Å²) in [6.45, 7) is -0.500. The lowest BCUT2D eigenvalue weighted by Gasteiger charge is -2.35. The van der Waals surface area contributed by atoms with Crippen LogP contribution in [0.2, 0.25) is 0 Å². The van der Waals surface area contributed by atoms with Crippen LogP contribution >= 0.6 is 0 Å². The molecule has 0 bridgehead atoms. The topological polar surface area (TPSA) is 185 Å². The minimum atomic E-state index is -1.76. The summed E-state index contributed by atoms with van der Waals surface area (Å²) in [7, 11) is 2.71. The van der Waals surface area contributed by atoms with Crippen LogP contribution in [0, 0.1) is 0 Å². The van der Waals surface area contributed by atoms with Gasteiger partial charge in [-0.25, -0.2) is 0 Å². The first kappa shape index (κ1) is 25.1. The maximum absolute atomic E-state index is 12.8. The second kappa shape index (κ2) is 9.39. The Morgan fingerprint density at radius 3 is 2.05 bits per heavy atom. The number of aromatic hydroxyl groups is 4. The summed E-state index contributed by atoms with van der Waals surface area (Å²) in [6.07, 6.45) is -5.03. The zero-order valence-electron chi connectivity index (χ0n) is 20.1. The Morgan fingerprint density at radius 2 is 1.42 bits per heavy atom. The molecule has 3 aromatic rings. The molecule has 0 saturated carbocycles. The molecule has 0 fully saturated rings. The fourth-order valence-corrected chi connectivity index (χ4v) is 4.56. The molecular formula is C26H24O12. The number of methoxy groups -OCH3 is 2. The van der Waals surface area contributed by atoms with E-state index in [0.717, 1.165) is 12.1 Å². The molecule has 12 heteroatoms. The van der Waals surface area contributed by atoms with Crippen LogP contribution < -0.4 is 23.7 Å². The molecule has 2 unspecified atom stereocenters. The monoisotopic (exact) mass is 528 g/mol. The number of aliphatic hydroxyl groups is 2. The van der Waals surface area contributed by atoms with Gasteiger partial charge < -0.3 is 54.3 Å². The molecule has 2 aliphatic heterocycles. The molecule has 2 heterocycles. The summed E-state index contributed by atoms with van der Waals surface area (Å²) in [6, 6.07) is 7.63. The van der Waals surface area contributed by atoms with E-state index in [-0.39, 0.29) is 51.4 Å². The number of carbonyl (C=O) groups is 1. The standard InChI is InChI=1S/C26H24O12/c1-34-16-4-11(5-17(35-2)21(16)31)24-19(9-27)38-26-14(30)3-10(6-18(26)37-24)25-23(33)22(32)20-13(29)7-12(28)8-15(20)36-25/h3-8,19,23-25,27-31,33H,9H2,1-2H3/t19?,23-,24?,25+/m1/s1. The second-order valence-corrected chi connectivity index (χ2v) is 8.70. The van der Waals surface area contributed by atoms with Crippen molar-refractivity contribution < 1.29 is 59.1 Å². The Morgan fingerprint density at radius 1 is 0.789 bits per heavy atom. The molecule has 38 heavy (non-hydrogen) atoms. The molecule has 0 radical (unpaired) electrons. The highest BCUT2D eigenvalue weighted by atomic mass is 16.6. The highest BCUT2D eigenvalue weighted by molar-refractivity contribution is 6.05. The lowest BCUT2D eigenvalue weighted by molar-refractivity contribution is -0.0149. The van der Waals surface area contributed by atoms with E-state index >= 15 is 0 Å². The van der Waals surface area contributed by atoms with Crippen LogP contribution in [0.25, 0.3) is 0 Å². The van der Waals surface area contributed by atoms with Crippen molar-refractivity contribution in [2.24, 2.45) is 0 Å². The van der Waals surface area contributed by atoms with Crippen LogP contribution in [0.4, 0.5) is 0 Å². The fourth-order valence-electron chi connectivity index (χ4n) is 4.56. The van der Waals surface area contributed by atoms with Gasteiger partial charge in [0.2, 0.25) is 17.3 Å². The quantitative estimate of drug-likeness (QED) is 0.284. The smallest absolute Gasteiger partial charge is 0.203 e. The predicted octanol–water partition coefficient (Wildman–Crippen LogP) is 2.08. The van der Waals surface area contributed by atoms with E-state index in [1.54, 1.807) is 0 Å². The van der Waals surface area contributed by atoms with Crippen molar-refractivity contribution in [3.05, 3.63) is 53.1 Å². The van der Waals surface area contributed by atoms with Crippen LogP contribution in [0.3, 0.4) is 0 Å². The number of phenols is 4. The molecule has 200 valence electrons. The van der Waals surface area contributed by atoms with Crippen molar-refractivity contribution in [1.82, 2.24) is 0 Å². The Balaban J connectivity index is 1.55. The van der Waals surface area contributed by atoms with Gasteiger partial charge in [0.25, 0.3) is 0 Å². The van der Waals surface area contributed by atoms with Crippen LogP contribution in [-0.4, -0.2) is 69.5 Å². The van der Waals surface area contributed by atoms with Crippen molar-refractivity contribution in [1.29, 1.82) is 0 Å². The molecule has 4 atom stereocenters. The lowest BCUT2D eigenvalue weighted by atomic mass is 9.92. The molecule has 3 aromatic carbocycles. The number of phenolic OH excluding ortho intramolecular Hbond substituents is 4. The van der Waals surface area contributed by atoms with Gasteiger partial charge in [-0.2, -0.15) is 0 Å². The number of ketones is 1. The lowest BCUT2D eigenvalue weighted by Crippen LogP contribution is -2.37. The minimum absolute atomic E-state index is 0.00788. The molecule has 0 amide bonds. The zero-order valence-corrected chi connectivity index (χ0v) is 20.1. The third kappa shape index (κ3) is 3.99. The van der Waals surface area contributed by atoms with Crippen molar-refractivity contribution in [2.75, 3.05) is 20.8 Å². The molecule has 2 aliphatic rings. The van der Waals surface area contributed by atoms with Gasteiger partial charge in [0.1, 0.15) is 22.8 Å². The van der Waals surface area contributed by atoms with Crippen molar-refractivity contribution in [3.63, 3.8) is 0 Å². The maximum atomic E-state index is 12.8. The highest BCUT2D eigenvalue weighted by Gasteiger charge is 2.41. The van der Waals surface area contributed by atoms with Crippen LogP contribution in [-0.2, 0) is 0 Å². The van der Waals surface area contributed by atoms with E-state index in [4.69, 9.17) is 23.7 Å². The molecule has 0 spiro atoms. The normalized spacial score (nSPS) is 21.8. The van der Waals surface area contributed by atoms with Crippen molar-refractivity contribution >= 4 is 5.78 Å². The molecular weight excluding hydrogens is 504 g/mol. The Kier molecular flexibility index (Phi) is 6.21. The average molecular weight is 528 g/mol.